The Morgan fingerprint density at radius 1 is 0.829 bits per heavy atom. The SMILES string of the molecule is Cc1cccc(OCc2ccccc2-c2nc(CN3CCN(C(c4ccccc4)c4ccc(Cl)cc4)CC3)cs2)c1. The van der Waals surface area contributed by atoms with Crippen molar-refractivity contribution in [2.45, 2.75) is 26.1 Å². The van der Waals surface area contributed by atoms with Gasteiger partial charge in [-0.2, -0.15) is 0 Å². The van der Waals surface area contributed by atoms with Crippen LogP contribution in [0.2, 0.25) is 5.02 Å². The van der Waals surface area contributed by atoms with Crippen LogP contribution in [0.25, 0.3) is 10.6 Å². The number of halogens is 1. The van der Waals surface area contributed by atoms with Crippen molar-refractivity contribution in [1.82, 2.24) is 14.8 Å². The molecule has 1 fully saturated rings. The van der Waals surface area contributed by atoms with Crippen LogP contribution in [0.4, 0.5) is 0 Å². The van der Waals surface area contributed by atoms with Gasteiger partial charge in [0.2, 0.25) is 0 Å². The van der Waals surface area contributed by atoms with Gasteiger partial charge >= 0.3 is 0 Å². The van der Waals surface area contributed by atoms with Gasteiger partial charge in [0, 0.05) is 48.7 Å². The average molecular weight is 580 g/mol. The highest BCUT2D eigenvalue weighted by Gasteiger charge is 2.27. The van der Waals surface area contributed by atoms with Gasteiger partial charge in [-0.05, 0) is 53.4 Å². The fourth-order valence-electron chi connectivity index (χ4n) is 5.53. The molecule has 1 aliphatic rings. The molecule has 1 aromatic heterocycles. The molecule has 1 atom stereocenters. The first-order valence-corrected chi connectivity index (χ1v) is 15.4. The molecule has 0 N–H and O–H groups in total. The molecule has 6 rings (SSSR count). The maximum Gasteiger partial charge on any atom is 0.124 e. The van der Waals surface area contributed by atoms with Crippen LogP contribution in [0, 0.1) is 6.92 Å². The number of rotatable bonds is 9. The van der Waals surface area contributed by atoms with Crippen LogP contribution >= 0.6 is 22.9 Å². The Balaban J connectivity index is 1.10. The lowest BCUT2D eigenvalue weighted by Crippen LogP contribution is -2.47. The van der Waals surface area contributed by atoms with Crippen LogP contribution in [0.3, 0.4) is 0 Å². The summed E-state index contributed by atoms with van der Waals surface area (Å²) >= 11 is 7.92. The zero-order valence-corrected chi connectivity index (χ0v) is 24.8. The van der Waals surface area contributed by atoms with Gasteiger partial charge < -0.3 is 4.74 Å². The summed E-state index contributed by atoms with van der Waals surface area (Å²) in [5.74, 6) is 0.893. The van der Waals surface area contributed by atoms with Gasteiger partial charge in [-0.3, -0.25) is 9.80 Å². The molecule has 1 unspecified atom stereocenters. The number of aryl methyl sites for hydroxylation is 1. The fourth-order valence-corrected chi connectivity index (χ4v) is 6.52. The van der Waals surface area contributed by atoms with Crippen LogP contribution < -0.4 is 4.74 Å². The minimum Gasteiger partial charge on any atom is -0.489 e. The third-order valence-corrected chi connectivity index (χ3v) is 8.82. The molecule has 0 amide bonds. The molecular formula is C35H34ClN3OS. The van der Waals surface area contributed by atoms with E-state index in [1.807, 2.05) is 24.3 Å². The molecule has 41 heavy (non-hydrogen) atoms. The van der Waals surface area contributed by atoms with Gasteiger partial charge in [-0.15, -0.1) is 11.3 Å². The van der Waals surface area contributed by atoms with E-state index >= 15 is 0 Å². The first-order valence-electron chi connectivity index (χ1n) is 14.1. The Labute approximate surface area is 251 Å². The van der Waals surface area contributed by atoms with Crippen LogP contribution in [0.5, 0.6) is 5.75 Å². The topological polar surface area (TPSA) is 28.6 Å². The second-order valence-electron chi connectivity index (χ2n) is 10.6. The molecule has 1 aliphatic heterocycles. The van der Waals surface area contributed by atoms with Gasteiger partial charge in [0.15, 0.2) is 0 Å². The predicted octanol–water partition coefficient (Wildman–Crippen LogP) is 8.26. The van der Waals surface area contributed by atoms with Crippen LogP contribution in [-0.2, 0) is 13.2 Å². The minimum atomic E-state index is 0.222. The standard InChI is InChI=1S/C35H34ClN3OS/c1-26-8-7-12-32(22-26)40-24-29-11-5-6-13-33(29)35-37-31(25-41-35)23-38-18-20-39(21-19-38)34(27-9-3-2-4-10-27)28-14-16-30(36)17-15-28/h2-17,22,25,34H,18-21,23-24H2,1H3. The maximum absolute atomic E-state index is 6.21. The number of hydrogen-bond acceptors (Lipinski definition) is 5. The number of benzene rings is 4. The van der Waals surface area contributed by atoms with Crippen molar-refractivity contribution in [2.24, 2.45) is 0 Å². The summed E-state index contributed by atoms with van der Waals surface area (Å²) in [6.45, 7) is 7.47. The lowest BCUT2D eigenvalue weighted by molar-refractivity contribution is 0.104. The molecule has 0 radical (unpaired) electrons. The van der Waals surface area contributed by atoms with E-state index in [9.17, 15) is 0 Å². The maximum atomic E-state index is 6.21. The van der Waals surface area contributed by atoms with Crippen molar-refractivity contribution < 1.29 is 4.74 Å². The molecule has 0 saturated carbocycles. The highest BCUT2D eigenvalue weighted by atomic mass is 35.5. The van der Waals surface area contributed by atoms with Crippen molar-refractivity contribution in [3.63, 3.8) is 0 Å². The Kier molecular flexibility index (Phi) is 8.78. The molecule has 4 nitrogen and oxygen atoms in total. The summed E-state index contributed by atoms with van der Waals surface area (Å²) in [5, 5.41) is 4.03. The van der Waals surface area contributed by atoms with Gasteiger partial charge in [-0.25, -0.2) is 4.98 Å². The summed E-state index contributed by atoms with van der Waals surface area (Å²) < 4.78 is 6.12. The average Bonchev–Trinajstić information content (AvgIpc) is 3.47. The predicted molar refractivity (Wildman–Crippen MR) is 170 cm³/mol. The van der Waals surface area contributed by atoms with Crippen molar-refractivity contribution in [1.29, 1.82) is 0 Å². The Morgan fingerprint density at radius 2 is 1.56 bits per heavy atom. The van der Waals surface area contributed by atoms with E-state index in [4.69, 9.17) is 21.3 Å². The van der Waals surface area contributed by atoms with E-state index in [0.717, 1.165) is 65.3 Å². The molecule has 2 heterocycles. The molecule has 0 aliphatic carbocycles. The fraction of sp³-hybridized carbons (Fsp3) is 0.229. The number of piperazine rings is 1. The molecular weight excluding hydrogens is 546 g/mol. The van der Waals surface area contributed by atoms with E-state index < -0.39 is 0 Å². The minimum absolute atomic E-state index is 0.222. The second-order valence-corrected chi connectivity index (χ2v) is 11.9. The lowest BCUT2D eigenvalue weighted by atomic mass is 9.96. The molecule has 1 saturated heterocycles. The van der Waals surface area contributed by atoms with Gasteiger partial charge in [0.25, 0.3) is 0 Å². The quantitative estimate of drug-likeness (QED) is 0.176. The van der Waals surface area contributed by atoms with E-state index in [0.29, 0.717) is 6.61 Å². The normalized spacial score (nSPS) is 15.1. The Bertz CT molecular complexity index is 1560. The number of aromatic nitrogens is 1. The summed E-state index contributed by atoms with van der Waals surface area (Å²) in [6, 6.07) is 35.9. The van der Waals surface area contributed by atoms with Crippen LogP contribution in [0.15, 0.2) is 109 Å². The molecule has 4 aromatic carbocycles. The number of nitrogens with zero attached hydrogens (tertiary/aromatic N) is 3. The Morgan fingerprint density at radius 3 is 2.34 bits per heavy atom. The van der Waals surface area contributed by atoms with E-state index in [1.54, 1.807) is 11.3 Å². The molecule has 208 valence electrons. The van der Waals surface area contributed by atoms with Gasteiger partial charge in [0.1, 0.15) is 17.4 Å². The highest BCUT2D eigenvalue weighted by Crippen LogP contribution is 2.32. The number of ether oxygens (including phenoxy) is 1. The number of thiazole rings is 1. The van der Waals surface area contributed by atoms with E-state index in [2.05, 4.69) is 101 Å². The summed E-state index contributed by atoms with van der Waals surface area (Å²) in [4.78, 5) is 10.2. The third kappa shape index (κ3) is 6.88. The van der Waals surface area contributed by atoms with Gasteiger partial charge in [-0.1, -0.05) is 90.5 Å². The number of hydrogen-bond donors (Lipinski definition) is 0. The summed E-state index contributed by atoms with van der Waals surface area (Å²) in [7, 11) is 0. The first kappa shape index (κ1) is 27.7. The largest absolute Gasteiger partial charge is 0.489 e. The zero-order chi connectivity index (χ0) is 28.0. The zero-order valence-electron chi connectivity index (χ0n) is 23.2. The van der Waals surface area contributed by atoms with E-state index in [1.165, 1.54) is 16.7 Å². The van der Waals surface area contributed by atoms with Crippen LogP contribution in [0.1, 0.15) is 34.0 Å². The monoisotopic (exact) mass is 579 g/mol. The van der Waals surface area contributed by atoms with E-state index in [-0.39, 0.29) is 6.04 Å². The van der Waals surface area contributed by atoms with Gasteiger partial charge in [0.05, 0.1) is 11.7 Å². The molecule has 6 heteroatoms. The van der Waals surface area contributed by atoms with Crippen LogP contribution in [-0.4, -0.2) is 41.0 Å². The molecule has 0 bridgehead atoms. The third-order valence-electron chi connectivity index (χ3n) is 7.64. The highest BCUT2D eigenvalue weighted by molar-refractivity contribution is 7.13. The summed E-state index contributed by atoms with van der Waals surface area (Å²) in [6.07, 6.45) is 0. The second kappa shape index (κ2) is 13.0. The van der Waals surface area contributed by atoms with Crippen molar-refractivity contribution in [3.8, 4) is 16.3 Å². The molecule has 0 spiro atoms. The smallest absolute Gasteiger partial charge is 0.124 e. The first-order chi connectivity index (χ1) is 20.1. The van der Waals surface area contributed by atoms with Crippen molar-refractivity contribution in [3.05, 3.63) is 141 Å². The van der Waals surface area contributed by atoms with Crippen molar-refractivity contribution in [2.75, 3.05) is 26.2 Å². The lowest BCUT2D eigenvalue weighted by Gasteiger charge is -2.39. The molecule has 5 aromatic rings. The Hall–Kier alpha value is -3.48. The summed E-state index contributed by atoms with van der Waals surface area (Å²) in [5.41, 5.74) is 7.22. The van der Waals surface area contributed by atoms with Crippen molar-refractivity contribution >= 4 is 22.9 Å².